The molecule has 6 nitrogen and oxygen atoms in total. The summed E-state index contributed by atoms with van der Waals surface area (Å²) in [6, 6.07) is 11.5. The Morgan fingerprint density at radius 1 is 1.14 bits per heavy atom. The Hall–Kier alpha value is -2.43. The smallest absolute Gasteiger partial charge is 0.147 e. The molecule has 182 valence electrons. The summed E-state index contributed by atoms with van der Waals surface area (Å²) in [6.45, 7) is 7.18. The van der Waals surface area contributed by atoms with Crippen LogP contribution in [0, 0.1) is 23.2 Å². The molecule has 0 radical (unpaired) electrons. The van der Waals surface area contributed by atoms with Crippen LogP contribution in [0.5, 0.6) is 0 Å². The summed E-state index contributed by atoms with van der Waals surface area (Å²) in [6.07, 6.45) is 4.28. The second-order valence-corrected chi connectivity index (χ2v) is 10.6. The van der Waals surface area contributed by atoms with E-state index in [1.807, 2.05) is 24.4 Å². The summed E-state index contributed by atoms with van der Waals surface area (Å²) in [5.41, 5.74) is 3.94. The Morgan fingerprint density at radius 2 is 1.97 bits per heavy atom. The molecule has 35 heavy (non-hydrogen) atoms. The normalized spacial score (nSPS) is 20.0. The number of hydrogen-bond acceptors (Lipinski definition) is 6. The molecule has 5 rings (SSSR count). The van der Waals surface area contributed by atoms with Gasteiger partial charge in [0.1, 0.15) is 5.82 Å². The first-order chi connectivity index (χ1) is 17.0. The van der Waals surface area contributed by atoms with Gasteiger partial charge in [-0.1, -0.05) is 36.2 Å². The van der Waals surface area contributed by atoms with Crippen LogP contribution in [0.1, 0.15) is 42.4 Å². The zero-order chi connectivity index (χ0) is 24.5. The van der Waals surface area contributed by atoms with Crippen LogP contribution in [-0.4, -0.2) is 59.3 Å². The predicted molar refractivity (Wildman–Crippen MR) is 140 cm³/mol. The van der Waals surface area contributed by atoms with Crippen molar-refractivity contribution in [3.8, 4) is 6.07 Å². The highest BCUT2D eigenvalue weighted by molar-refractivity contribution is 6.35. The minimum Gasteiger partial charge on any atom is -0.395 e. The number of anilines is 1. The summed E-state index contributed by atoms with van der Waals surface area (Å²) in [5, 5.41) is 20.1. The maximum Gasteiger partial charge on any atom is 0.147 e. The quantitative estimate of drug-likeness (QED) is 0.497. The molecule has 0 aliphatic carbocycles. The highest BCUT2D eigenvalue weighted by Gasteiger charge is 2.36. The third-order valence-electron chi connectivity index (χ3n) is 7.55. The number of piperidine rings is 1. The number of aromatic nitrogens is 2. The van der Waals surface area contributed by atoms with E-state index in [1.54, 1.807) is 12.1 Å². The Labute approximate surface area is 216 Å². The van der Waals surface area contributed by atoms with E-state index < -0.39 is 0 Å². The molecule has 0 amide bonds. The first-order valence-electron chi connectivity index (χ1n) is 12.2. The van der Waals surface area contributed by atoms with Crippen LogP contribution < -0.4 is 4.90 Å². The lowest BCUT2D eigenvalue weighted by atomic mass is 9.80. The zero-order valence-electron chi connectivity index (χ0n) is 19.8. The van der Waals surface area contributed by atoms with Gasteiger partial charge in [-0.3, -0.25) is 4.98 Å². The summed E-state index contributed by atoms with van der Waals surface area (Å²) in [5.74, 6) is 2.10. The summed E-state index contributed by atoms with van der Waals surface area (Å²) < 4.78 is 0. The minimum absolute atomic E-state index is 0.0796. The molecule has 0 unspecified atom stereocenters. The summed E-state index contributed by atoms with van der Waals surface area (Å²) in [4.78, 5) is 14.4. The Bertz CT molecular complexity index is 1270. The molecular weight excluding hydrogens is 481 g/mol. The van der Waals surface area contributed by atoms with Gasteiger partial charge in [0.2, 0.25) is 0 Å². The molecule has 2 aromatic carbocycles. The lowest BCUT2D eigenvalue weighted by Gasteiger charge is -2.47. The average Bonchev–Trinajstić information content (AvgIpc) is 2.82. The number of halogens is 2. The van der Waals surface area contributed by atoms with Crippen molar-refractivity contribution in [3.63, 3.8) is 0 Å². The van der Waals surface area contributed by atoms with Gasteiger partial charge < -0.3 is 14.9 Å². The van der Waals surface area contributed by atoms with Gasteiger partial charge in [-0.05, 0) is 66.6 Å². The molecule has 2 fully saturated rings. The van der Waals surface area contributed by atoms with E-state index in [0.29, 0.717) is 33.0 Å². The fourth-order valence-electron chi connectivity index (χ4n) is 5.52. The SMILES string of the molecule is C[C@H](c1ccc(Cl)cc1Cl)c1cc(C#N)cc2ncc(N3CC([C@H]4CCCN(CCO)C4)C3)nc12. The van der Waals surface area contributed by atoms with Gasteiger partial charge in [-0.25, -0.2) is 4.98 Å². The second kappa shape index (κ2) is 10.3. The number of nitrogens with zero attached hydrogens (tertiary/aromatic N) is 5. The topological polar surface area (TPSA) is 76.3 Å². The van der Waals surface area contributed by atoms with Gasteiger partial charge in [0, 0.05) is 42.1 Å². The maximum atomic E-state index is 9.59. The molecule has 8 heteroatoms. The molecule has 2 aliphatic rings. The standard InChI is InChI=1S/C27H29Cl2N5O/c1-17(22-5-4-21(28)11-24(22)29)23-9-18(12-30)10-25-27(23)32-26(13-31-25)34-15-20(16-34)19-3-2-6-33(14-19)7-8-35/h4-5,9-11,13,17,19-20,35H,2-3,6-8,14-16H2,1H3/t17-,19+/m1/s1. The highest BCUT2D eigenvalue weighted by Crippen LogP contribution is 2.37. The molecular formula is C27H29Cl2N5O. The number of aliphatic hydroxyl groups excluding tert-OH is 1. The van der Waals surface area contributed by atoms with Gasteiger partial charge in [-0.2, -0.15) is 5.26 Å². The lowest BCUT2D eigenvalue weighted by molar-refractivity contribution is 0.101. The molecule has 0 saturated carbocycles. The number of hydrogen-bond donors (Lipinski definition) is 1. The first kappa shape index (κ1) is 24.3. The van der Waals surface area contributed by atoms with Gasteiger partial charge in [0.05, 0.1) is 35.5 Å². The van der Waals surface area contributed by atoms with E-state index >= 15 is 0 Å². The van der Waals surface area contributed by atoms with Gasteiger partial charge in [0.25, 0.3) is 0 Å². The lowest BCUT2D eigenvalue weighted by Crippen LogP contribution is -2.54. The molecule has 2 saturated heterocycles. The van der Waals surface area contributed by atoms with Crippen LogP contribution >= 0.6 is 23.2 Å². The van der Waals surface area contributed by atoms with E-state index in [1.165, 1.54) is 12.8 Å². The van der Waals surface area contributed by atoms with E-state index in [4.69, 9.17) is 33.2 Å². The van der Waals surface area contributed by atoms with Crippen LogP contribution in [0.3, 0.4) is 0 Å². The van der Waals surface area contributed by atoms with Crippen LogP contribution in [0.15, 0.2) is 36.5 Å². The third kappa shape index (κ3) is 4.96. The number of rotatable bonds is 6. The number of aliphatic hydroxyl groups is 1. The van der Waals surface area contributed by atoms with E-state index in [-0.39, 0.29) is 12.5 Å². The Balaban J connectivity index is 1.40. The molecule has 1 aromatic heterocycles. The van der Waals surface area contributed by atoms with Gasteiger partial charge >= 0.3 is 0 Å². The van der Waals surface area contributed by atoms with Gasteiger partial charge in [0.15, 0.2) is 0 Å². The van der Waals surface area contributed by atoms with Crippen molar-refractivity contribution in [2.75, 3.05) is 44.2 Å². The van der Waals surface area contributed by atoms with Crippen LogP contribution in [0.4, 0.5) is 5.82 Å². The number of fused-ring (bicyclic) bond motifs is 1. The third-order valence-corrected chi connectivity index (χ3v) is 8.11. The minimum atomic E-state index is -0.0796. The Kier molecular flexibility index (Phi) is 7.13. The molecule has 3 heterocycles. The molecule has 0 bridgehead atoms. The predicted octanol–water partition coefficient (Wildman–Crippen LogP) is 5.10. The summed E-state index contributed by atoms with van der Waals surface area (Å²) >= 11 is 12.6. The van der Waals surface area contributed by atoms with Crippen molar-refractivity contribution in [1.82, 2.24) is 14.9 Å². The average molecular weight is 510 g/mol. The van der Waals surface area contributed by atoms with Crippen LogP contribution in [0.25, 0.3) is 11.0 Å². The largest absolute Gasteiger partial charge is 0.395 e. The second-order valence-electron chi connectivity index (χ2n) is 9.75. The van der Waals surface area contributed by atoms with Crippen molar-refractivity contribution in [3.05, 3.63) is 63.3 Å². The summed E-state index contributed by atoms with van der Waals surface area (Å²) in [7, 11) is 0. The van der Waals surface area contributed by atoms with Crippen LogP contribution in [-0.2, 0) is 0 Å². The number of β-amino-alcohol motifs (C(OH)–C–C–N with tert-alkyl or cyclic N) is 1. The molecule has 2 atom stereocenters. The first-order valence-corrected chi connectivity index (χ1v) is 13.0. The van der Waals surface area contributed by atoms with Crippen molar-refractivity contribution in [2.45, 2.75) is 25.7 Å². The van der Waals surface area contributed by atoms with Crippen molar-refractivity contribution in [2.24, 2.45) is 11.8 Å². The Morgan fingerprint density at radius 3 is 2.71 bits per heavy atom. The highest BCUT2D eigenvalue weighted by atomic mass is 35.5. The monoisotopic (exact) mass is 509 g/mol. The van der Waals surface area contributed by atoms with Gasteiger partial charge in [-0.15, -0.1) is 0 Å². The number of likely N-dealkylation sites (tertiary alicyclic amines) is 1. The maximum absolute atomic E-state index is 9.59. The number of nitriles is 1. The van der Waals surface area contributed by atoms with Crippen molar-refractivity contribution in [1.29, 1.82) is 5.26 Å². The van der Waals surface area contributed by atoms with E-state index in [2.05, 4.69) is 22.8 Å². The molecule has 1 N–H and O–H groups in total. The van der Waals surface area contributed by atoms with Crippen molar-refractivity contribution >= 4 is 40.1 Å². The van der Waals surface area contributed by atoms with E-state index in [9.17, 15) is 10.4 Å². The van der Waals surface area contributed by atoms with E-state index in [0.717, 1.165) is 55.2 Å². The molecule has 0 spiro atoms. The van der Waals surface area contributed by atoms with Crippen LogP contribution in [0.2, 0.25) is 10.0 Å². The fourth-order valence-corrected chi connectivity index (χ4v) is 6.09. The zero-order valence-corrected chi connectivity index (χ0v) is 21.3. The fraction of sp³-hybridized carbons (Fsp3) is 0.444. The van der Waals surface area contributed by atoms with Crippen molar-refractivity contribution < 1.29 is 5.11 Å². The molecule has 3 aromatic rings. The molecule has 2 aliphatic heterocycles. The number of benzene rings is 2.